The topological polar surface area (TPSA) is 86.5 Å². The quantitative estimate of drug-likeness (QED) is 0.660. The van der Waals surface area contributed by atoms with E-state index in [0.717, 1.165) is 18.2 Å². The molecule has 0 aliphatic rings. The highest BCUT2D eigenvalue weighted by atomic mass is 32.2. The highest BCUT2D eigenvalue weighted by molar-refractivity contribution is 7.89. The average molecular weight is 311 g/mol. The molecule has 9 heteroatoms. The van der Waals surface area contributed by atoms with Gasteiger partial charge in [0.2, 0.25) is 10.0 Å². The molecule has 0 amide bonds. The SMILES string of the molecule is NS(=O)(=O)CCCOC(=O)c1ccccc1C(F)(F)F. The maximum atomic E-state index is 12.6. The van der Waals surface area contributed by atoms with E-state index in [9.17, 15) is 26.4 Å². The van der Waals surface area contributed by atoms with Crippen molar-refractivity contribution in [2.24, 2.45) is 5.14 Å². The molecule has 0 fully saturated rings. The number of rotatable bonds is 5. The van der Waals surface area contributed by atoms with E-state index in [0.29, 0.717) is 0 Å². The number of carbonyl (C=O) groups excluding carboxylic acids is 1. The smallest absolute Gasteiger partial charge is 0.417 e. The molecule has 112 valence electrons. The summed E-state index contributed by atoms with van der Waals surface area (Å²) in [5, 5.41) is 4.73. The van der Waals surface area contributed by atoms with E-state index in [1.807, 2.05) is 0 Å². The summed E-state index contributed by atoms with van der Waals surface area (Å²) in [6.07, 6.45) is -4.75. The summed E-state index contributed by atoms with van der Waals surface area (Å²) in [5.41, 5.74) is -1.72. The van der Waals surface area contributed by atoms with Crippen LogP contribution in [0.3, 0.4) is 0 Å². The van der Waals surface area contributed by atoms with Crippen molar-refractivity contribution in [2.75, 3.05) is 12.4 Å². The number of alkyl halides is 3. The molecule has 0 radical (unpaired) electrons. The lowest BCUT2D eigenvalue weighted by Crippen LogP contribution is -2.19. The van der Waals surface area contributed by atoms with Crippen molar-refractivity contribution in [1.29, 1.82) is 0 Å². The summed E-state index contributed by atoms with van der Waals surface area (Å²) in [4.78, 5) is 11.5. The second-order valence-electron chi connectivity index (χ2n) is 3.90. The lowest BCUT2D eigenvalue weighted by molar-refractivity contribution is -0.138. The number of hydrogen-bond acceptors (Lipinski definition) is 4. The molecule has 1 rings (SSSR count). The third kappa shape index (κ3) is 5.17. The van der Waals surface area contributed by atoms with Crippen molar-refractivity contribution < 1.29 is 31.1 Å². The Kier molecular flexibility index (Phi) is 5.12. The van der Waals surface area contributed by atoms with Crippen LogP contribution in [0.1, 0.15) is 22.3 Å². The monoisotopic (exact) mass is 311 g/mol. The van der Waals surface area contributed by atoms with Crippen LogP contribution in [0, 0.1) is 0 Å². The first kappa shape index (κ1) is 16.4. The van der Waals surface area contributed by atoms with E-state index in [1.54, 1.807) is 0 Å². The number of carbonyl (C=O) groups is 1. The van der Waals surface area contributed by atoms with Crippen LogP contribution in [0.4, 0.5) is 13.2 Å². The van der Waals surface area contributed by atoms with Crippen LogP contribution in [0.5, 0.6) is 0 Å². The van der Waals surface area contributed by atoms with Crippen molar-refractivity contribution in [3.63, 3.8) is 0 Å². The van der Waals surface area contributed by atoms with Gasteiger partial charge in [0.25, 0.3) is 0 Å². The number of esters is 1. The van der Waals surface area contributed by atoms with Gasteiger partial charge in [-0.05, 0) is 18.6 Å². The highest BCUT2D eigenvalue weighted by Gasteiger charge is 2.35. The van der Waals surface area contributed by atoms with Gasteiger partial charge in [-0.2, -0.15) is 13.2 Å². The van der Waals surface area contributed by atoms with Gasteiger partial charge in [-0.3, -0.25) is 0 Å². The number of primary sulfonamides is 1. The van der Waals surface area contributed by atoms with Crippen molar-refractivity contribution in [2.45, 2.75) is 12.6 Å². The molecule has 0 bridgehead atoms. The summed E-state index contributed by atoms with van der Waals surface area (Å²) >= 11 is 0. The molecule has 0 spiro atoms. The fourth-order valence-electron chi connectivity index (χ4n) is 1.41. The Morgan fingerprint density at radius 1 is 1.25 bits per heavy atom. The van der Waals surface area contributed by atoms with E-state index >= 15 is 0 Å². The maximum absolute atomic E-state index is 12.6. The van der Waals surface area contributed by atoms with Gasteiger partial charge in [0.05, 0.1) is 23.5 Å². The standard InChI is InChI=1S/C11H12F3NO4S/c12-11(13,14)9-5-2-1-4-8(9)10(16)19-6-3-7-20(15,17)18/h1-2,4-5H,3,6-7H2,(H2,15,17,18). The minimum absolute atomic E-state index is 0.0846. The molecule has 1 aromatic rings. The molecule has 0 saturated carbocycles. The summed E-state index contributed by atoms with van der Waals surface area (Å²) in [5.74, 6) is -1.58. The zero-order valence-corrected chi connectivity index (χ0v) is 11.0. The van der Waals surface area contributed by atoms with Gasteiger partial charge in [0.15, 0.2) is 0 Å². The Morgan fingerprint density at radius 3 is 2.40 bits per heavy atom. The predicted molar refractivity (Wildman–Crippen MR) is 64.3 cm³/mol. The minimum atomic E-state index is -4.67. The van der Waals surface area contributed by atoms with Crippen molar-refractivity contribution in [1.82, 2.24) is 0 Å². The molecule has 1 aromatic carbocycles. The number of nitrogens with two attached hydrogens (primary N) is 1. The van der Waals surface area contributed by atoms with E-state index in [-0.39, 0.29) is 13.0 Å². The maximum Gasteiger partial charge on any atom is 0.417 e. The second kappa shape index (κ2) is 6.23. The molecule has 5 nitrogen and oxygen atoms in total. The Bertz CT molecular complexity index is 584. The fraction of sp³-hybridized carbons (Fsp3) is 0.364. The first-order chi connectivity index (χ1) is 9.11. The fourth-order valence-corrected chi connectivity index (χ4v) is 1.93. The third-order valence-electron chi connectivity index (χ3n) is 2.26. The molecule has 0 aliphatic carbocycles. The Balaban J connectivity index is 2.69. The van der Waals surface area contributed by atoms with E-state index < -0.39 is 39.0 Å². The summed E-state index contributed by atoms with van der Waals surface area (Å²) < 4.78 is 63.8. The van der Waals surface area contributed by atoms with Gasteiger partial charge in [-0.25, -0.2) is 18.4 Å². The van der Waals surface area contributed by atoms with E-state index in [1.165, 1.54) is 6.07 Å². The summed E-state index contributed by atoms with van der Waals surface area (Å²) in [6, 6.07) is 4.18. The minimum Gasteiger partial charge on any atom is -0.462 e. The third-order valence-corrected chi connectivity index (χ3v) is 3.12. The molecule has 20 heavy (non-hydrogen) atoms. The van der Waals surface area contributed by atoms with Crippen LogP contribution in [0.25, 0.3) is 0 Å². The number of ether oxygens (including phenoxy) is 1. The molecular formula is C11H12F3NO4S. The molecule has 0 aromatic heterocycles. The zero-order chi connectivity index (χ0) is 15.4. The van der Waals surface area contributed by atoms with Gasteiger partial charge in [0, 0.05) is 0 Å². The number of halogens is 3. The first-order valence-corrected chi connectivity index (χ1v) is 7.16. The zero-order valence-electron chi connectivity index (χ0n) is 10.2. The van der Waals surface area contributed by atoms with Crippen molar-refractivity contribution in [3.8, 4) is 0 Å². The Morgan fingerprint density at radius 2 is 1.85 bits per heavy atom. The van der Waals surface area contributed by atoms with E-state index in [4.69, 9.17) is 5.14 Å². The van der Waals surface area contributed by atoms with Gasteiger partial charge in [0.1, 0.15) is 0 Å². The predicted octanol–water partition coefficient (Wildman–Crippen LogP) is 1.54. The Hall–Kier alpha value is -1.61. The number of sulfonamides is 1. The van der Waals surface area contributed by atoms with Crippen molar-refractivity contribution >= 4 is 16.0 Å². The van der Waals surface area contributed by atoms with Gasteiger partial charge >= 0.3 is 12.1 Å². The molecule has 0 aliphatic heterocycles. The normalized spacial score (nSPS) is 12.2. The Labute approximate surface area is 113 Å². The highest BCUT2D eigenvalue weighted by Crippen LogP contribution is 2.32. The molecular weight excluding hydrogens is 299 g/mol. The summed E-state index contributed by atoms with van der Waals surface area (Å²) in [6.45, 7) is -0.332. The van der Waals surface area contributed by atoms with Gasteiger partial charge in [-0.1, -0.05) is 12.1 Å². The van der Waals surface area contributed by atoms with Gasteiger partial charge in [-0.15, -0.1) is 0 Å². The largest absolute Gasteiger partial charge is 0.462 e. The first-order valence-electron chi connectivity index (χ1n) is 5.45. The number of benzene rings is 1. The van der Waals surface area contributed by atoms with Crippen LogP contribution < -0.4 is 5.14 Å². The molecule has 0 heterocycles. The molecule has 0 atom stereocenters. The van der Waals surface area contributed by atoms with Crippen LogP contribution in [-0.2, 0) is 20.9 Å². The van der Waals surface area contributed by atoms with Crippen LogP contribution in [0.2, 0.25) is 0 Å². The second-order valence-corrected chi connectivity index (χ2v) is 5.63. The lowest BCUT2D eigenvalue weighted by Gasteiger charge is -2.11. The molecule has 0 unspecified atom stereocenters. The average Bonchev–Trinajstić information content (AvgIpc) is 2.32. The summed E-state index contributed by atoms with van der Waals surface area (Å²) in [7, 11) is -3.69. The van der Waals surface area contributed by atoms with Crippen molar-refractivity contribution in [3.05, 3.63) is 35.4 Å². The van der Waals surface area contributed by atoms with Crippen LogP contribution >= 0.6 is 0 Å². The lowest BCUT2D eigenvalue weighted by atomic mass is 10.1. The molecule has 0 saturated heterocycles. The van der Waals surface area contributed by atoms with Gasteiger partial charge < -0.3 is 4.74 Å². The van der Waals surface area contributed by atoms with Crippen LogP contribution in [-0.4, -0.2) is 26.7 Å². The van der Waals surface area contributed by atoms with Crippen LogP contribution in [0.15, 0.2) is 24.3 Å². The van der Waals surface area contributed by atoms with E-state index in [2.05, 4.69) is 4.74 Å². The number of hydrogen-bond donors (Lipinski definition) is 1. The molecule has 2 N–H and O–H groups in total.